The Bertz CT molecular complexity index is 579. The van der Waals surface area contributed by atoms with Crippen LogP contribution in [0.1, 0.15) is 49.7 Å². The molecular formula is C22H35N3O2. The summed E-state index contributed by atoms with van der Waals surface area (Å²) in [5, 5.41) is 3.05. The first-order chi connectivity index (χ1) is 13.2. The summed E-state index contributed by atoms with van der Waals surface area (Å²) in [5.41, 5.74) is 2.66. The number of rotatable bonds is 7. The number of piperazine rings is 1. The van der Waals surface area contributed by atoms with E-state index in [4.69, 9.17) is 4.74 Å². The molecule has 1 saturated carbocycles. The second kappa shape index (κ2) is 10.7. The predicted octanol–water partition coefficient (Wildman–Crippen LogP) is 3.56. The first kappa shape index (κ1) is 20.2. The smallest absolute Gasteiger partial charge is 0.317 e. The maximum atomic E-state index is 12.3. The van der Waals surface area contributed by atoms with Crippen molar-refractivity contribution >= 4 is 6.03 Å². The van der Waals surface area contributed by atoms with Crippen LogP contribution in [0.5, 0.6) is 0 Å². The highest BCUT2D eigenvalue weighted by Gasteiger charge is 2.21. The number of nitrogens with zero attached hydrogens (tertiary/aromatic N) is 2. The van der Waals surface area contributed by atoms with E-state index in [9.17, 15) is 4.79 Å². The lowest BCUT2D eigenvalue weighted by Crippen LogP contribution is -2.51. The maximum Gasteiger partial charge on any atom is 0.317 e. The summed E-state index contributed by atoms with van der Waals surface area (Å²) in [6, 6.07) is 8.75. The van der Waals surface area contributed by atoms with E-state index in [1.165, 1.54) is 43.2 Å². The zero-order valence-corrected chi connectivity index (χ0v) is 16.8. The summed E-state index contributed by atoms with van der Waals surface area (Å²) < 4.78 is 5.92. The molecule has 2 amide bonds. The second-order valence-electron chi connectivity index (χ2n) is 7.97. The average molecular weight is 374 g/mol. The number of hydrogen-bond acceptors (Lipinski definition) is 3. The Labute approximate surface area is 164 Å². The molecule has 1 N–H and O–H groups in total. The SMILES string of the molecule is Cc1cccc(CN2CCN(C(=O)NCCCOC3CCCCC3)CC2)c1. The van der Waals surface area contributed by atoms with Crippen LogP contribution in [0, 0.1) is 6.92 Å². The summed E-state index contributed by atoms with van der Waals surface area (Å²) in [4.78, 5) is 16.7. The molecule has 1 aliphatic carbocycles. The van der Waals surface area contributed by atoms with Crippen molar-refractivity contribution in [1.29, 1.82) is 0 Å². The number of aryl methyl sites for hydroxylation is 1. The minimum Gasteiger partial charge on any atom is -0.378 e. The summed E-state index contributed by atoms with van der Waals surface area (Å²) >= 11 is 0. The van der Waals surface area contributed by atoms with Crippen molar-refractivity contribution in [1.82, 2.24) is 15.1 Å². The Morgan fingerprint density at radius 3 is 2.67 bits per heavy atom. The highest BCUT2D eigenvalue weighted by Crippen LogP contribution is 2.20. The number of ether oxygens (including phenoxy) is 1. The van der Waals surface area contributed by atoms with E-state index in [1.807, 2.05) is 4.90 Å². The summed E-state index contributed by atoms with van der Waals surface area (Å²) in [6.07, 6.45) is 7.73. The molecule has 0 unspecified atom stereocenters. The largest absolute Gasteiger partial charge is 0.378 e. The molecular weight excluding hydrogens is 338 g/mol. The van der Waals surface area contributed by atoms with Gasteiger partial charge in [0.25, 0.3) is 0 Å². The molecule has 1 aromatic carbocycles. The van der Waals surface area contributed by atoms with Crippen LogP contribution in [0.15, 0.2) is 24.3 Å². The molecule has 2 fully saturated rings. The molecule has 0 atom stereocenters. The fraction of sp³-hybridized carbons (Fsp3) is 0.682. The highest BCUT2D eigenvalue weighted by atomic mass is 16.5. The van der Waals surface area contributed by atoms with Crippen LogP contribution < -0.4 is 5.32 Å². The summed E-state index contributed by atoms with van der Waals surface area (Å²) in [6.45, 7) is 8.04. The van der Waals surface area contributed by atoms with Gasteiger partial charge in [-0.05, 0) is 31.7 Å². The monoisotopic (exact) mass is 373 g/mol. The van der Waals surface area contributed by atoms with E-state index >= 15 is 0 Å². The van der Waals surface area contributed by atoms with Crippen LogP contribution in [0.2, 0.25) is 0 Å². The van der Waals surface area contributed by atoms with Gasteiger partial charge in [0, 0.05) is 45.9 Å². The van der Waals surface area contributed by atoms with Crippen molar-refractivity contribution < 1.29 is 9.53 Å². The Hall–Kier alpha value is -1.59. The normalized spacial score (nSPS) is 19.2. The van der Waals surface area contributed by atoms with Gasteiger partial charge in [-0.25, -0.2) is 4.79 Å². The lowest BCUT2D eigenvalue weighted by atomic mass is 9.98. The zero-order chi connectivity index (χ0) is 18.9. The van der Waals surface area contributed by atoms with Crippen LogP contribution in [-0.2, 0) is 11.3 Å². The minimum atomic E-state index is 0.0721. The van der Waals surface area contributed by atoms with Gasteiger partial charge in [-0.15, -0.1) is 0 Å². The first-order valence-corrected chi connectivity index (χ1v) is 10.6. The van der Waals surface area contributed by atoms with Gasteiger partial charge in [0.2, 0.25) is 0 Å². The van der Waals surface area contributed by atoms with E-state index < -0.39 is 0 Å². The number of benzene rings is 1. The first-order valence-electron chi connectivity index (χ1n) is 10.6. The van der Waals surface area contributed by atoms with Crippen molar-refractivity contribution in [3.8, 4) is 0 Å². The number of nitrogens with one attached hydrogen (secondary N) is 1. The Kier molecular flexibility index (Phi) is 7.96. The third kappa shape index (κ3) is 6.82. The molecule has 1 heterocycles. The topological polar surface area (TPSA) is 44.8 Å². The summed E-state index contributed by atoms with van der Waals surface area (Å²) in [7, 11) is 0. The van der Waals surface area contributed by atoms with Crippen LogP contribution in [0.25, 0.3) is 0 Å². The lowest BCUT2D eigenvalue weighted by molar-refractivity contribution is 0.0274. The van der Waals surface area contributed by atoms with Crippen LogP contribution in [0.3, 0.4) is 0 Å². The molecule has 0 radical (unpaired) electrons. The third-order valence-corrected chi connectivity index (χ3v) is 5.65. The van der Waals surface area contributed by atoms with Gasteiger partial charge in [-0.3, -0.25) is 4.90 Å². The fourth-order valence-corrected chi connectivity index (χ4v) is 4.04. The average Bonchev–Trinajstić information content (AvgIpc) is 2.69. The number of amides is 2. The third-order valence-electron chi connectivity index (χ3n) is 5.65. The number of urea groups is 1. The molecule has 5 nitrogen and oxygen atoms in total. The van der Waals surface area contributed by atoms with Gasteiger partial charge >= 0.3 is 6.03 Å². The number of hydrogen-bond donors (Lipinski definition) is 1. The molecule has 2 aliphatic rings. The maximum absolute atomic E-state index is 12.3. The minimum absolute atomic E-state index is 0.0721. The quantitative estimate of drug-likeness (QED) is 0.743. The van der Waals surface area contributed by atoms with Gasteiger partial charge in [0.05, 0.1) is 6.10 Å². The van der Waals surface area contributed by atoms with Crippen molar-refractivity contribution in [2.75, 3.05) is 39.3 Å². The van der Waals surface area contributed by atoms with Crippen molar-refractivity contribution in [2.45, 2.75) is 58.1 Å². The van der Waals surface area contributed by atoms with E-state index in [2.05, 4.69) is 41.4 Å². The molecule has 5 heteroatoms. The van der Waals surface area contributed by atoms with Crippen LogP contribution in [0.4, 0.5) is 4.79 Å². The fourth-order valence-electron chi connectivity index (χ4n) is 4.04. The van der Waals surface area contributed by atoms with Crippen LogP contribution in [-0.4, -0.2) is 61.3 Å². The molecule has 1 aliphatic heterocycles. The van der Waals surface area contributed by atoms with E-state index in [-0.39, 0.29) is 6.03 Å². The number of carbonyl (C=O) groups excluding carboxylic acids is 1. The van der Waals surface area contributed by atoms with E-state index in [0.717, 1.165) is 45.8 Å². The van der Waals surface area contributed by atoms with E-state index in [0.29, 0.717) is 12.6 Å². The van der Waals surface area contributed by atoms with Gasteiger partial charge in [0.15, 0.2) is 0 Å². The lowest BCUT2D eigenvalue weighted by Gasteiger charge is -2.34. The standard InChI is InChI=1S/C22H35N3O2/c1-19-7-5-8-20(17-19)18-24-12-14-25(15-13-24)22(26)23-11-6-16-27-21-9-3-2-4-10-21/h5,7-8,17,21H,2-4,6,9-16,18H2,1H3,(H,23,26). The molecule has 0 spiro atoms. The van der Waals surface area contributed by atoms with Crippen molar-refractivity contribution in [3.63, 3.8) is 0 Å². The van der Waals surface area contributed by atoms with Gasteiger partial charge in [0.1, 0.15) is 0 Å². The van der Waals surface area contributed by atoms with Crippen LogP contribution >= 0.6 is 0 Å². The van der Waals surface area contributed by atoms with Gasteiger partial charge in [-0.1, -0.05) is 49.1 Å². The molecule has 1 aromatic rings. The van der Waals surface area contributed by atoms with Crippen molar-refractivity contribution in [3.05, 3.63) is 35.4 Å². The summed E-state index contributed by atoms with van der Waals surface area (Å²) in [5.74, 6) is 0. The number of carbonyl (C=O) groups is 1. The van der Waals surface area contributed by atoms with E-state index in [1.54, 1.807) is 0 Å². The van der Waals surface area contributed by atoms with Crippen molar-refractivity contribution in [2.24, 2.45) is 0 Å². The second-order valence-corrected chi connectivity index (χ2v) is 7.97. The van der Waals surface area contributed by atoms with Gasteiger partial charge < -0.3 is 15.0 Å². The molecule has 27 heavy (non-hydrogen) atoms. The molecule has 0 aromatic heterocycles. The molecule has 3 rings (SSSR count). The predicted molar refractivity (Wildman–Crippen MR) is 109 cm³/mol. The molecule has 0 bridgehead atoms. The molecule has 1 saturated heterocycles. The van der Waals surface area contributed by atoms with Gasteiger partial charge in [-0.2, -0.15) is 0 Å². The highest BCUT2D eigenvalue weighted by molar-refractivity contribution is 5.74. The zero-order valence-electron chi connectivity index (χ0n) is 16.8. The Morgan fingerprint density at radius 2 is 1.93 bits per heavy atom. The Morgan fingerprint density at radius 1 is 1.15 bits per heavy atom. The molecule has 150 valence electrons. The Balaban J connectivity index is 1.27.